The van der Waals surface area contributed by atoms with E-state index in [1.807, 2.05) is 39.8 Å². The highest BCUT2D eigenvalue weighted by Gasteiger charge is 2.07. The summed E-state index contributed by atoms with van der Waals surface area (Å²) in [6.07, 6.45) is 0.872. The first-order valence-electron chi connectivity index (χ1n) is 6.34. The molecule has 0 aliphatic rings. The van der Waals surface area contributed by atoms with Crippen LogP contribution in [0.25, 0.3) is 10.9 Å². The molecule has 2 aromatic rings. The SMILES string of the molecule is CCc1cc2cc(C)c(OC(C)C)cc2[nH]c1=O. The summed E-state index contributed by atoms with van der Waals surface area (Å²) >= 11 is 0. The van der Waals surface area contributed by atoms with E-state index in [1.54, 1.807) is 0 Å². The lowest BCUT2D eigenvalue weighted by Crippen LogP contribution is -2.12. The predicted molar refractivity (Wildman–Crippen MR) is 74.4 cm³/mol. The van der Waals surface area contributed by atoms with Crippen molar-refractivity contribution in [2.45, 2.75) is 40.2 Å². The van der Waals surface area contributed by atoms with Crippen LogP contribution in [0.2, 0.25) is 0 Å². The molecule has 0 saturated carbocycles. The largest absolute Gasteiger partial charge is 0.491 e. The minimum Gasteiger partial charge on any atom is -0.491 e. The molecule has 3 heteroatoms. The minimum atomic E-state index is -0.00986. The summed E-state index contributed by atoms with van der Waals surface area (Å²) in [7, 11) is 0. The molecule has 96 valence electrons. The van der Waals surface area contributed by atoms with Gasteiger partial charge >= 0.3 is 0 Å². The fourth-order valence-corrected chi connectivity index (χ4v) is 2.04. The van der Waals surface area contributed by atoms with Crippen molar-refractivity contribution in [1.29, 1.82) is 0 Å². The number of ether oxygens (including phenoxy) is 1. The second kappa shape index (κ2) is 4.84. The average Bonchev–Trinajstić information content (AvgIpc) is 2.29. The van der Waals surface area contributed by atoms with Gasteiger partial charge in [-0.2, -0.15) is 0 Å². The third-order valence-corrected chi connectivity index (χ3v) is 2.96. The Morgan fingerprint density at radius 3 is 2.61 bits per heavy atom. The molecule has 0 saturated heterocycles. The molecular weight excluding hydrogens is 226 g/mol. The smallest absolute Gasteiger partial charge is 0.251 e. The molecule has 0 amide bonds. The van der Waals surface area contributed by atoms with Crippen LogP contribution in [0.3, 0.4) is 0 Å². The number of hydrogen-bond donors (Lipinski definition) is 1. The van der Waals surface area contributed by atoms with E-state index in [-0.39, 0.29) is 11.7 Å². The minimum absolute atomic E-state index is 0.00986. The number of fused-ring (bicyclic) bond motifs is 1. The second-order valence-electron chi connectivity index (χ2n) is 4.85. The Kier molecular flexibility index (Phi) is 3.41. The van der Waals surface area contributed by atoms with Crippen molar-refractivity contribution in [1.82, 2.24) is 4.98 Å². The van der Waals surface area contributed by atoms with Gasteiger partial charge in [0.1, 0.15) is 5.75 Å². The maximum Gasteiger partial charge on any atom is 0.251 e. The number of rotatable bonds is 3. The van der Waals surface area contributed by atoms with Crippen molar-refractivity contribution >= 4 is 10.9 Å². The molecule has 0 fully saturated rings. The number of nitrogens with one attached hydrogen (secondary N) is 1. The summed E-state index contributed by atoms with van der Waals surface area (Å²) in [4.78, 5) is 14.7. The summed E-state index contributed by atoms with van der Waals surface area (Å²) in [6.45, 7) is 7.99. The van der Waals surface area contributed by atoms with Crippen LogP contribution < -0.4 is 10.3 Å². The Balaban J connectivity index is 2.61. The Morgan fingerprint density at radius 2 is 2.00 bits per heavy atom. The Hall–Kier alpha value is -1.77. The van der Waals surface area contributed by atoms with Crippen molar-refractivity contribution in [3.05, 3.63) is 39.7 Å². The molecule has 0 aliphatic heterocycles. The van der Waals surface area contributed by atoms with Gasteiger partial charge in [-0.05, 0) is 50.3 Å². The number of pyridine rings is 1. The van der Waals surface area contributed by atoms with E-state index >= 15 is 0 Å². The first-order valence-corrected chi connectivity index (χ1v) is 6.34. The van der Waals surface area contributed by atoms with Crippen molar-refractivity contribution in [2.75, 3.05) is 0 Å². The fraction of sp³-hybridized carbons (Fsp3) is 0.400. The summed E-state index contributed by atoms with van der Waals surface area (Å²) in [5.41, 5.74) is 2.73. The van der Waals surface area contributed by atoms with Gasteiger partial charge in [0.25, 0.3) is 5.56 Å². The average molecular weight is 245 g/mol. The van der Waals surface area contributed by atoms with E-state index in [0.717, 1.165) is 34.2 Å². The number of hydrogen-bond acceptors (Lipinski definition) is 2. The standard InChI is InChI=1S/C15H19NO2/c1-5-11-7-12-6-10(4)14(18-9(2)3)8-13(12)16-15(11)17/h6-9H,5H2,1-4H3,(H,16,17). The zero-order valence-corrected chi connectivity index (χ0v) is 11.3. The molecule has 1 N–H and O–H groups in total. The Labute approximate surface area is 107 Å². The first kappa shape index (κ1) is 12.7. The summed E-state index contributed by atoms with van der Waals surface area (Å²) in [6, 6.07) is 5.92. The van der Waals surface area contributed by atoms with Gasteiger partial charge in [-0.15, -0.1) is 0 Å². The molecule has 1 heterocycles. The van der Waals surface area contributed by atoms with E-state index in [1.165, 1.54) is 0 Å². The number of aryl methyl sites for hydroxylation is 2. The maximum atomic E-state index is 11.8. The lowest BCUT2D eigenvalue weighted by atomic mass is 10.1. The van der Waals surface area contributed by atoms with E-state index in [0.29, 0.717) is 0 Å². The first-order chi connectivity index (χ1) is 8.51. The lowest BCUT2D eigenvalue weighted by Gasteiger charge is -2.13. The number of H-pyrrole nitrogens is 1. The topological polar surface area (TPSA) is 42.1 Å². The Morgan fingerprint density at radius 1 is 1.28 bits per heavy atom. The third-order valence-electron chi connectivity index (χ3n) is 2.96. The normalized spacial score (nSPS) is 11.2. The van der Waals surface area contributed by atoms with Crippen molar-refractivity contribution in [3.63, 3.8) is 0 Å². The highest BCUT2D eigenvalue weighted by molar-refractivity contribution is 5.81. The number of aromatic amines is 1. The molecule has 0 bridgehead atoms. The van der Waals surface area contributed by atoms with E-state index in [4.69, 9.17) is 4.74 Å². The highest BCUT2D eigenvalue weighted by Crippen LogP contribution is 2.25. The van der Waals surface area contributed by atoms with Crippen molar-refractivity contribution in [3.8, 4) is 5.75 Å². The molecular formula is C15H19NO2. The molecule has 1 aromatic carbocycles. The Bertz CT molecular complexity index is 626. The van der Waals surface area contributed by atoms with Crippen LogP contribution in [-0.4, -0.2) is 11.1 Å². The maximum absolute atomic E-state index is 11.8. The van der Waals surface area contributed by atoms with Gasteiger partial charge in [-0.1, -0.05) is 6.92 Å². The van der Waals surface area contributed by atoms with Gasteiger partial charge in [0.15, 0.2) is 0 Å². The summed E-state index contributed by atoms with van der Waals surface area (Å²) in [5, 5.41) is 1.06. The van der Waals surface area contributed by atoms with E-state index in [9.17, 15) is 4.79 Å². The monoisotopic (exact) mass is 245 g/mol. The zero-order chi connectivity index (χ0) is 13.3. The molecule has 2 rings (SSSR count). The fourth-order valence-electron chi connectivity index (χ4n) is 2.04. The van der Waals surface area contributed by atoms with Crippen LogP contribution in [0.15, 0.2) is 23.0 Å². The molecule has 0 unspecified atom stereocenters. The van der Waals surface area contributed by atoms with Crippen LogP contribution >= 0.6 is 0 Å². The van der Waals surface area contributed by atoms with Crippen LogP contribution in [0.4, 0.5) is 0 Å². The van der Waals surface area contributed by atoms with Gasteiger partial charge in [0.2, 0.25) is 0 Å². The molecule has 18 heavy (non-hydrogen) atoms. The van der Waals surface area contributed by atoms with Crippen molar-refractivity contribution in [2.24, 2.45) is 0 Å². The van der Waals surface area contributed by atoms with Crippen LogP contribution in [0.5, 0.6) is 5.75 Å². The van der Waals surface area contributed by atoms with Crippen molar-refractivity contribution < 1.29 is 4.74 Å². The molecule has 0 radical (unpaired) electrons. The number of benzene rings is 1. The van der Waals surface area contributed by atoms with Gasteiger partial charge < -0.3 is 9.72 Å². The molecule has 0 aliphatic carbocycles. The van der Waals surface area contributed by atoms with Crippen LogP contribution in [0.1, 0.15) is 31.9 Å². The number of aromatic nitrogens is 1. The van der Waals surface area contributed by atoms with E-state index < -0.39 is 0 Å². The molecule has 0 atom stereocenters. The van der Waals surface area contributed by atoms with Gasteiger partial charge in [0.05, 0.1) is 11.6 Å². The second-order valence-corrected chi connectivity index (χ2v) is 4.85. The van der Waals surface area contributed by atoms with Gasteiger partial charge in [0, 0.05) is 11.6 Å². The summed E-state index contributed by atoms with van der Waals surface area (Å²) < 4.78 is 5.73. The highest BCUT2D eigenvalue weighted by atomic mass is 16.5. The summed E-state index contributed by atoms with van der Waals surface area (Å²) in [5.74, 6) is 0.831. The van der Waals surface area contributed by atoms with Crippen LogP contribution in [-0.2, 0) is 6.42 Å². The quantitative estimate of drug-likeness (QED) is 0.902. The third kappa shape index (κ3) is 2.40. The molecule has 0 spiro atoms. The molecule has 1 aromatic heterocycles. The zero-order valence-electron chi connectivity index (χ0n) is 11.3. The molecule has 3 nitrogen and oxygen atoms in total. The van der Waals surface area contributed by atoms with Gasteiger partial charge in [-0.3, -0.25) is 4.79 Å². The van der Waals surface area contributed by atoms with Crippen LogP contribution in [0, 0.1) is 6.92 Å². The van der Waals surface area contributed by atoms with E-state index in [2.05, 4.69) is 11.1 Å². The predicted octanol–water partition coefficient (Wildman–Crippen LogP) is 3.19. The lowest BCUT2D eigenvalue weighted by molar-refractivity contribution is 0.241. The van der Waals surface area contributed by atoms with Gasteiger partial charge in [-0.25, -0.2) is 0 Å².